The first-order valence-electron chi connectivity index (χ1n) is 5.91. The van der Waals surface area contributed by atoms with Gasteiger partial charge < -0.3 is 16.2 Å². The van der Waals surface area contributed by atoms with Gasteiger partial charge in [0.05, 0.1) is 0 Å². The molecule has 1 unspecified atom stereocenters. The fourth-order valence-corrected chi connectivity index (χ4v) is 1.85. The van der Waals surface area contributed by atoms with Crippen molar-refractivity contribution < 1.29 is 9.90 Å². The van der Waals surface area contributed by atoms with E-state index in [-0.39, 0.29) is 17.7 Å². The maximum atomic E-state index is 11.7. The average Bonchev–Trinajstić information content (AvgIpc) is 3.06. The molecule has 1 fully saturated rings. The maximum Gasteiger partial charge on any atom is 0.225 e. The average molecular weight is 234 g/mol. The van der Waals surface area contributed by atoms with E-state index in [4.69, 9.17) is 5.73 Å². The van der Waals surface area contributed by atoms with E-state index in [9.17, 15) is 9.90 Å². The van der Waals surface area contributed by atoms with Crippen LogP contribution in [0.4, 0.5) is 5.69 Å². The molecule has 92 valence electrons. The lowest BCUT2D eigenvalue weighted by Gasteiger charge is -2.11. The lowest BCUT2D eigenvalue weighted by Crippen LogP contribution is -2.28. The number of hydrogen-bond acceptors (Lipinski definition) is 3. The Labute approximate surface area is 101 Å². The van der Waals surface area contributed by atoms with Crippen LogP contribution in [-0.2, 0) is 4.79 Å². The molecule has 1 amide bonds. The summed E-state index contributed by atoms with van der Waals surface area (Å²) in [6.45, 7) is 1.79. The highest BCUT2D eigenvalue weighted by atomic mass is 16.3. The van der Waals surface area contributed by atoms with Crippen LogP contribution in [0.25, 0.3) is 0 Å². The third-order valence-electron chi connectivity index (χ3n) is 3.13. The fraction of sp³-hybridized carbons (Fsp3) is 0.462. The number of phenols is 1. The van der Waals surface area contributed by atoms with Gasteiger partial charge in [0.1, 0.15) is 5.75 Å². The highest BCUT2D eigenvalue weighted by Crippen LogP contribution is 2.32. The summed E-state index contributed by atoms with van der Waals surface area (Å²) < 4.78 is 0. The molecule has 1 aromatic carbocycles. The molecule has 1 aliphatic carbocycles. The molecule has 1 atom stereocenters. The van der Waals surface area contributed by atoms with Crippen molar-refractivity contribution in [1.29, 1.82) is 0 Å². The standard InChI is InChI=1S/C13H18N2O2/c1-8-6-10(4-5-12(8)16)15-13(17)7-11(14)9-2-3-9/h4-6,9,11,16H,2-3,7,14H2,1H3,(H,15,17). The number of carbonyl (C=O) groups excluding carboxylic acids is 1. The Morgan fingerprint density at radius 3 is 2.88 bits per heavy atom. The minimum atomic E-state index is -0.0607. The van der Waals surface area contributed by atoms with E-state index in [1.54, 1.807) is 25.1 Å². The summed E-state index contributed by atoms with van der Waals surface area (Å²) in [5, 5.41) is 12.2. The third kappa shape index (κ3) is 3.20. The van der Waals surface area contributed by atoms with Gasteiger partial charge in [0.15, 0.2) is 0 Å². The van der Waals surface area contributed by atoms with E-state index in [1.165, 1.54) is 0 Å². The molecular weight excluding hydrogens is 216 g/mol. The van der Waals surface area contributed by atoms with Crippen LogP contribution in [-0.4, -0.2) is 17.1 Å². The van der Waals surface area contributed by atoms with Gasteiger partial charge in [-0.15, -0.1) is 0 Å². The topological polar surface area (TPSA) is 75.4 Å². The summed E-state index contributed by atoms with van der Waals surface area (Å²) in [5.41, 5.74) is 7.33. The van der Waals surface area contributed by atoms with Crippen molar-refractivity contribution in [2.45, 2.75) is 32.2 Å². The van der Waals surface area contributed by atoms with Crippen LogP contribution in [0.5, 0.6) is 5.75 Å². The summed E-state index contributed by atoms with van der Waals surface area (Å²) in [5.74, 6) is 0.703. The SMILES string of the molecule is Cc1cc(NC(=O)CC(N)C2CC2)ccc1O. The first-order chi connectivity index (χ1) is 8.06. The molecule has 0 radical (unpaired) electrons. The molecule has 0 bridgehead atoms. The van der Waals surface area contributed by atoms with Gasteiger partial charge in [-0.3, -0.25) is 4.79 Å². The number of amides is 1. The Balaban J connectivity index is 1.90. The Bertz CT molecular complexity index is 427. The van der Waals surface area contributed by atoms with Gasteiger partial charge in [-0.1, -0.05) is 0 Å². The van der Waals surface area contributed by atoms with Gasteiger partial charge in [-0.05, 0) is 49.4 Å². The lowest BCUT2D eigenvalue weighted by molar-refractivity contribution is -0.116. The molecular formula is C13H18N2O2. The molecule has 4 N–H and O–H groups in total. The molecule has 0 spiro atoms. The number of nitrogens with one attached hydrogen (secondary N) is 1. The van der Waals surface area contributed by atoms with Crippen molar-refractivity contribution in [3.63, 3.8) is 0 Å². The van der Waals surface area contributed by atoms with Gasteiger partial charge >= 0.3 is 0 Å². The monoisotopic (exact) mass is 234 g/mol. The first kappa shape index (κ1) is 11.9. The van der Waals surface area contributed by atoms with Gasteiger partial charge in [0.2, 0.25) is 5.91 Å². The minimum Gasteiger partial charge on any atom is -0.508 e. The zero-order valence-electron chi connectivity index (χ0n) is 9.94. The summed E-state index contributed by atoms with van der Waals surface area (Å²) >= 11 is 0. The molecule has 4 nitrogen and oxygen atoms in total. The molecule has 17 heavy (non-hydrogen) atoms. The molecule has 1 aromatic rings. The maximum absolute atomic E-state index is 11.7. The van der Waals surface area contributed by atoms with Crippen LogP contribution in [0.3, 0.4) is 0 Å². The fourth-order valence-electron chi connectivity index (χ4n) is 1.85. The molecule has 0 heterocycles. The first-order valence-corrected chi connectivity index (χ1v) is 5.91. The van der Waals surface area contributed by atoms with Gasteiger partial charge in [-0.2, -0.15) is 0 Å². The number of aromatic hydroxyl groups is 1. The van der Waals surface area contributed by atoms with Crippen molar-refractivity contribution >= 4 is 11.6 Å². The zero-order valence-corrected chi connectivity index (χ0v) is 9.94. The minimum absolute atomic E-state index is 0.0202. The largest absolute Gasteiger partial charge is 0.508 e. The van der Waals surface area contributed by atoms with E-state index >= 15 is 0 Å². The van der Waals surface area contributed by atoms with Crippen LogP contribution in [0, 0.1) is 12.8 Å². The van der Waals surface area contributed by atoms with Crippen molar-refractivity contribution in [3.05, 3.63) is 23.8 Å². The van der Waals surface area contributed by atoms with Crippen molar-refractivity contribution in [2.75, 3.05) is 5.32 Å². The number of rotatable bonds is 4. The highest BCUT2D eigenvalue weighted by Gasteiger charge is 2.29. The second-order valence-corrected chi connectivity index (χ2v) is 4.75. The van der Waals surface area contributed by atoms with Crippen molar-refractivity contribution in [2.24, 2.45) is 11.7 Å². The summed E-state index contributed by atoms with van der Waals surface area (Å²) in [6, 6.07) is 4.98. The van der Waals surface area contributed by atoms with Crippen LogP contribution in [0.15, 0.2) is 18.2 Å². The smallest absolute Gasteiger partial charge is 0.225 e. The summed E-state index contributed by atoms with van der Waals surface area (Å²) in [4.78, 5) is 11.7. The van der Waals surface area contributed by atoms with E-state index in [1.807, 2.05) is 0 Å². The van der Waals surface area contributed by atoms with Gasteiger partial charge in [0, 0.05) is 18.2 Å². The van der Waals surface area contributed by atoms with Crippen LogP contribution in [0.1, 0.15) is 24.8 Å². The molecule has 0 saturated heterocycles. The van der Waals surface area contributed by atoms with Crippen LogP contribution >= 0.6 is 0 Å². The molecule has 0 aliphatic heterocycles. The van der Waals surface area contributed by atoms with E-state index in [2.05, 4.69) is 5.32 Å². The Morgan fingerprint density at radius 1 is 1.59 bits per heavy atom. The van der Waals surface area contributed by atoms with Gasteiger partial charge in [-0.25, -0.2) is 0 Å². The van der Waals surface area contributed by atoms with Crippen molar-refractivity contribution in [3.8, 4) is 5.75 Å². The predicted octanol–water partition coefficient (Wildman–Crippen LogP) is 1.77. The summed E-state index contributed by atoms with van der Waals surface area (Å²) in [7, 11) is 0. The molecule has 1 saturated carbocycles. The van der Waals surface area contributed by atoms with E-state index in [0.29, 0.717) is 18.0 Å². The molecule has 4 heteroatoms. The number of carbonyl (C=O) groups is 1. The van der Waals surface area contributed by atoms with Crippen LogP contribution in [0.2, 0.25) is 0 Å². The van der Waals surface area contributed by atoms with Gasteiger partial charge in [0.25, 0.3) is 0 Å². The van der Waals surface area contributed by atoms with Crippen LogP contribution < -0.4 is 11.1 Å². The second kappa shape index (κ2) is 4.75. The predicted molar refractivity (Wildman–Crippen MR) is 66.8 cm³/mol. The highest BCUT2D eigenvalue weighted by molar-refractivity contribution is 5.91. The second-order valence-electron chi connectivity index (χ2n) is 4.75. The zero-order chi connectivity index (χ0) is 12.4. The number of nitrogens with two attached hydrogens (primary N) is 1. The molecule has 1 aliphatic rings. The third-order valence-corrected chi connectivity index (χ3v) is 3.13. The normalized spacial score (nSPS) is 16.6. The Morgan fingerprint density at radius 2 is 2.29 bits per heavy atom. The number of hydrogen-bond donors (Lipinski definition) is 3. The van der Waals surface area contributed by atoms with E-state index < -0.39 is 0 Å². The van der Waals surface area contributed by atoms with E-state index in [0.717, 1.165) is 18.4 Å². The lowest BCUT2D eigenvalue weighted by atomic mass is 10.1. The number of benzene rings is 1. The number of phenolic OH excluding ortho intramolecular Hbond substituents is 1. The molecule has 0 aromatic heterocycles. The Kier molecular flexibility index (Phi) is 3.33. The quantitative estimate of drug-likeness (QED) is 0.695. The Hall–Kier alpha value is -1.55. The number of aryl methyl sites for hydroxylation is 1. The van der Waals surface area contributed by atoms with Crippen molar-refractivity contribution in [1.82, 2.24) is 0 Å². The number of anilines is 1. The molecule has 2 rings (SSSR count). The summed E-state index contributed by atoms with van der Waals surface area (Å²) in [6.07, 6.45) is 2.66.